The van der Waals surface area contributed by atoms with Crippen molar-refractivity contribution in [1.29, 1.82) is 0 Å². The van der Waals surface area contributed by atoms with E-state index in [-0.39, 0.29) is 5.69 Å². The summed E-state index contributed by atoms with van der Waals surface area (Å²) in [5.74, 6) is 0.730. The van der Waals surface area contributed by atoms with Gasteiger partial charge in [-0.3, -0.25) is 0 Å². The number of aromatic nitrogens is 4. The molecule has 0 fully saturated rings. The monoisotopic (exact) mass is 269 g/mol. The summed E-state index contributed by atoms with van der Waals surface area (Å²) in [7, 11) is 1.60. The van der Waals surface area contributed by atoms with E-state index in [1.165, 1.54) is 9.48 Å². The van der Waals surface area contributed by atoms with Crippen LogP contribution in [0.15, 0.2) is 59.4 Å². The van der Waals surface area contributed by atoms with Crippen LogP contribution >= 0.6 is 0 Å². The maximum atomic E-state index is 12.0. The molecule has 2 aromatic carbocycles. The summed E-state index contributed by atoms with van der Waals surface area (Å²) in [5, 5.41) is 6.90. The highest BCUT2D eigenvalue weighted by atomic mass is 16.5. The number of tetrazole rings is 1. The zero-order valence-corrected chi connectivity index (χ0v) is 10.9. The molecule has 0 radical (unpaired) electrons. The quantitative estimate of drug-likeness (QED) is 0.717. The average Bonchev–Trinajstić information content (AvgIpc) is 2.90. The van der Waals surface area contributed by atoms with Crippen molar-refractivity contribution in [3.8, 4) is 17.1 Å². The number of methoxy groups -OCH3 is 1. The second-order valence-electron chi connectivity index (χ2n) is 4.16. The molecule has 1 N–H and O–H groups in total. The lowest BCUT2D eigenvalue weighted by atomic mass is 10.3. The molecule has 0 unspecified atom stereocenters. The minimum atomic E-state index is -0.306. The van der Waals surface area contributed by atoms with Crippen LogP contribution in [0.2, 0.25) is 0 Å². The lowest BCUT2D eigenvalue weighted by Gasteiger charge is -1.97. The highest BCUT2D eigenvalue weighted by molar-refractivity contribution is 5.36. The van der Waals surface area contributed by atoms with E-state index in [9.17, 15) is 4.79 Å². The predicted octanol–water partition coefficient (Wildman–Crippen LogP) is 0.846. The molecule has 20 heavy (non-hydrogen) atoms. The van der Waals surface area contributed by atoms with Crippen molar-refractivity contribution in [1.82, 2.24) is 15.0 Å². The predicted molar refractivity (Wildman–Crippen MR) is 72.3 cm³/mol. The van der Waals surface area contributed by atoms with Crippen molar-refractivity contribution in [2.45, 2.75) is 0 Å². The third-order valence-corrected chi connectivity index (χ3v) is 2.89. The van der Waals surface area contributed by atoms with Gasteiger partial charge in [-0.1, -0.05) is 18.2 Å². The largest absolute Gasteiger partial charge is 0.497 e. The number of H-pyrrole nitrogens is 1. The van der Waals surface area contributed by atoms with Crippen LogP contribution < -0.4 is 15.2 Å². The Kier molecular flexibility index (Phi) is 3.04. The Morgan fingerprint density at radius 3 is 2.45 bits per heavy atom. The molecule has 0 aliphatic carbocycles. The molecule has 0 aliphatic rings. The maximum Gasteiger partial charge on any atom is 0.471 e. The highest BCUT2D eigenvalue weighted by Gasteiger charge is 2.16. The third-order valence-electron chi connectivity index (χ3n) is 2.89. The normalized spacial score (nSPS) is 10.4. The minimum absolute atomic E-state index is 0.306. The van der Waals surface area contributed by atoms with E-state index in [0.29, 0.717) is 5.69 Å². The van der Waals surface area contributed by atoms with Crippen molar-refractivity contribution >= 4 is 0 Å². The van der Waals surface area contributed by atoms with Gasteiger partial charge >= 0.3 is 5.69 Å². The Hall–Kier alpha value is -2.89. The zero-order chi connectivity index (χ0) is 13.9. The van der Waals surface area contributed by atoms with E-state index in [0.717, 1.165) is 11.4 Å². The number of para-hydroxylation sites is 1. The van der Waals surface area contributed by atoms with Crippen LogP contribution in [0.4, 0.5) is 0 Å². The second kappa shape index (κ2) is 5.00. The van der Waals surface area contributed by atoms with Crippen molar-refractivity contribution in [2.75, 3.05) is 7.11 Å². The number of aromatic amines is 1. The molecule has 0 spiro atoms. The van der Waals surface area contributed by atoms with Crippen LogP contribution in [0.25, 0.3) is 11.4 Å². The summed E-state index contributed by atoms with van der Waals surface area (Å²) in [4.78, 5) is 13.4. The molecule has 0 atom stereocenters. The van der Waals surface area contributed by atoms with Crippen molar-refractivity contribution in [2.24, 2.45) is 0 Å². The fourth-order valence-electron chi connectivity index (χ4n) is 1.87. The first kappa shape index (κ1) is 12.2. The number of ether oxygens (including phenoxy) is 1. The molecule has 0 amide bonds. The summed E-state index contributed by atoms with van der Waals surface area (Å²) in [6.45, 7) is 0. The molecule has 1 aromatic heterocycles. The first-order valence-electron chi connectivity index (χ1n) is 6.09. The van der Waals surface area contributed by atoms with Gasteiger partial charge in [0, 0.05) is 0 Å². The number of hydrogen-bond acceptors (Lipinski definition) is 3. The standard InChI is InChI=1S/C14H12N4O2/c1-20-13-9-7-11(8-10-13)17-14(19)15-18(16-17)12-5-3-2-4-6-12/h2-10H,1H3/p+1. The number of nitrogens with zero attached hydrogens (tertiary/aromatic N) is 3. The minimum Gasteiger partial charge on any atom is -0.497 e. The van der Waals surface area contributed by atoms with Gasteiger partial charge in [0.25, 0.3) is 0 Å². The second-order valence-corrected chi connectivity index (χ2v) is 4.16. The van der Waals surface area contributed by atoms with Crippen LogP contribution in [-0.2, 0) is 0 Å². The molecule has 0 bridgehead atoms. The summed E-state index contributed by atoms with van der Waals surface area (Å²) in [5.41, 5.74) is 1.15. The van der Waals surface area contributed by atoms with E-state index in [1.807, 2.05) is 30.3 Å². The first-order chi connectivity index (χ1) is 9.78. The number of hydrogen-bond donors (Lipinski definition) is 1. The van der Waals surface area contributed by atoms with Crippen molar-refractivity contribution in [3.05, 3.63) is 65.1 Å². The van der Waals surface area contributed by atoms with Gasteiger partial charge in [-0.25, -0.2) is 4.79 Å². The molecular weight excluding hydrogens is 256 g/mol. The van der Waals surface area contributed by atoms with Crippen molar-refractivity contribution < 1.29 is 9.53 Å². The smallest absolute Gasteiger partial charge is 0.471 e. The molecule has 0 saturated carbocycles. The fraction of sp³-hybridized carbons (Fsp3) is 0.0714. The summed E-state index contributed by atoms with van der Waals surface area (Å²) in [6.07, 6.45) is 0. The Morgan fingerprint density at radius 1 is 1.10 bits per heavy atom. The van der Waals surface area contributed by atoms with Gasteiger partial charge in [-0.05, 0) is 45.9 Å². The molecule has 0 aliphatic heterocycles. The average molecular weight is 269 g/mol. The van der Waals surface area contributed by atoms with Crippen LogP contribution in [0.1, 0.15) is 0 Å². The lowest BCUT2D eigenvalue weighted by molar-refractivity contribution is -0.718. The zero-order valence-electron chi connectivity index (χ0n) is 10.9. The molecule has 6 nitrogen and oxygen atoms in total. The first-order valence-corrected chi connectivity index (χ1v) is 6.09. The van der Waals surface area contributed by atoms with Crippen LogP contribution in [0.3, 0.4) is 0 Å². The number of nitrogens with one attached hydrogen (secondary N) is 1. The summed E-state index contributed by atoms with van der Waals surface area (Å²) >= 11 is 0. The van der Waals surface area contributed by atoms with Gasteiger partial charge in [-0.15, -0.1) is 5.10 Å². The van der Waals surface area contributed by atoms with Gasteiger partial charge in [-0.2, -0.15) is 0 Å². The highest BCUT2D eigenvalue weighted by Crippen LogP contribution is 2.12. The van der Waals surface area contributed by atoms with E-state index in [1.54, 1.807) is 31.4 Å². The van der Waals surface area contributed by atoms with Crippen LogP contribution in [-0.4, -0.2) is 22.1 Å². The fourth-order valence-corrected chi connectivity index (χ4v) is 1.87. The molecule has 1 heterocycles. The Labute approximate surface area is 114 Å². The van der Waals surface area contributed by atoms with Gasteiger partial charge < -0.3 is 4.74 Å². The topological polar surface area (TPSA) is 63.8 Å². The molecule has 3 rings (SSSR count). The Morgan fingerprint density at radius 2 is 1.80 bits per heavy atom. The molecule has 6 heteroatoms. The van der Waals surface area contributed by atoms with Crippen molar-refractivity contribution in [3.63, 3.8) is 0 Å². The Bertz CT molecular complexity index is 760. The SMILES string of the molecule is COc1ccc(-n2n[n+](-c3ccccc3)[nH]c2=O)cc1. The van der Waals surface area contributed by atoms with Gasteiger partial charge in [0.05, 0.1) is 7.11 Å². The van der Waals surface area contributed by atoms with Gasteiger partial charge in [0.2, 0.25) is 0 Å². The molecule has 100 valence electrons. The van der Waals surface area contributed by atoms with Gasteiger partial charge in [0.15, 0.2) is 11.4 Å². The third kappa shape index (κ3) is 2.18. The molecular formula is C14H13N4O2+. The Balaban J connectivity index is 2.02. The number of benzene rings is 2. The maximum absolute atomic E-state index is 12.0. The van der Waals surface area contributed by atoms with E-state index < -0.39 is 0 Å². The molecule has 0 saturated heterocycles. The van der Waals surface area contributed by atoms with Crippen LogP contribution in [0.5, 0.6) is 5.75 Å². The van der Waals surface area contributed by atoms with Gasteiger partial charge in [0.1, 0.15) is 11.0 Å². The van der Waals surface area contributed by atoms with Crippen LogP contribution in [0, 0.1) is 0 Å². The van der Waals surface area contributed by atoms with E-state index >= 15 is 0 Å². The lowest BCUT2D eigenvalue weighted by Crippen LogP contribution is -2.37. The van der Waals surface area contributed by atoms with E-state index in [2.05, 4.69) is 10.3 Å². The molecule has 3 aromatic rings. The summed E-state index contributed by atoms with van der Waals surface area (Å²) in [6, 6.07) is 16.5. The number of rotatable bonds is 3. The van der Waals surface area contributed by atoms with E-state index in [4.69, 9.17) is 4.74 Å². The summed E-state index contributed by atoms with van der Waals surface area (Å²) < 4.78 is 6.39.